The molecule has 0 aliphatic heterocycles. The Hall–Kier alpha value is -0.910. The quantitative estimate of drug-likeness (QED) is 0.811. The predicted molar refractivity (Wildman–Crippen MR) is 70.0 cm³/mol. The zero-order chi connectivity index (χ0) is 12.9. The van der Waals surface area contributed by atoms with E-state index in [4.69, 9.17) is 5.73 Å². The molecule has 1 atom stereocenters. The minimum atomic E-state index is -3.17. The first-order valence-electron chi connectivity index (χ1n) is 5.77. The fraction of sp³-hybridized carbons (Fsp3) is 0.500. The van der Waals surface area contributed by atoms with Crippen molar-refractivity contribution in [3.05, 3.63) is 35.4 Å². The van der Waals surface area contributed by atoms with E-state index in [0.29, 0.717) is 13.0 Å². The van der Waals surface area contributed by atoms with Gasteiger partial charge in [0.15, 0.2) is 0 Å². The molecule has 1 aromatic carbocycles. The lowest BCUT2D eigenvalue weighted by molar-refractivity contribution is 0.565. The van der Waals surface area contributed by atoms with Crippen LogP contribution in [0.25, 0.3) is 0 Å². The van der Waals surface area contributed by atoms with Crippen molar-refractivity contribution in [1.82, 2.24) is 4.72 Å². The standard InChI is InChI=1S/C12H20N2O2S/c1-3-8-17(15,16)14-10(2)12-6-4-11(9-13)5-7-12/h4-7,10,14H,3,8-9,13H2,1-2H3. The molecular weight excluding hydrogens is 236 g/mol. The second kappa shape index (κ2) is 6.14. The van der Waals surface area contributed by atoms with Crippen molar-refractivity contribution in [3.63, 3.8) is 0 Å². The molecule has 3 N–H and O–H groups in total. The maximum atomic E-state index is 11.6. The number of hydrogen-bond donors (Lipinski definition) is 2. The van der Waals surface area contributed by atoms with Crippen LogP contribution in [0.2, 0.25) is 0 Å². The van der Waals surface area contributed by atoms with Gasteiger partial charge in [0.1, 0.15) is 0 Å². The van der Waals surface area contributed by atoms with Crippen LogP contribution in [0.4, 0.5) is 0 Å². The van der Waals surface area contributed by atoms with Crippen LogP contribution in [0.3, 0.4) is 0 Å². The van der Waals surface area contributed by atoms with Gasteiger partial charge in [-0.3, -0.25) is 0 Å². The molecule has 4 nitrogen and oxygen atoms in total. The lowest BCUT2D eigenvalue weighted by Gasteiger charge is -2.14. The number of hydrogen-bond acceptors (Lipinski definition) is 3. The molecule has 0 amide bonds. The van der Waals surface area contributed by atoms with E-state index in [1.54, 1.807) is 0 Å². The Labute approximate surface area is 103 Å². The van der Waals surface area contributed by atoms with E-state index in [1.165, 1.54) is 0 Å². The second-order valence-electron chi connectivity index (χ2n) is 4.10. The molecule has 5 heteroatoms. The molecule has 96 valence electrons. The van der Waals surface area contributed by atoms with Gasteiger partial charge in [0.25, 0.3) is 0 Å². The molecule has 0 bridgehead atoms. The van der Waals surface area contributed by atoms with Crippen LogP contribution >= 0.6 is 0 Å². The summed E-state index contributed by atoms with van der Waals surface area (Å²) in [4.78, 5) is 0. The average molecular weight is 256 g/mol. The van der Waals surface area contributed by atoms with E-state index in [1.807, 2.05) is 38.1 Å². The van der Waals surface area contributed by atoms with Crippen LogP contribution in [-0.2, 0) is 16.6 Å². The van der Waals surface area contributed by atoms with Gasteiger partial charge in [0.05, 0.1) is 5.75 Å². The Morgan fingerprint density at radius 2 is 1.88 bits per heavy atom. The van der Waals surface area contributed by atoms with Crippen LogP contribution in [0.1, 0.15) is 37.4 Å². The zero-order valence-electron chi connectivity index (χ0n) is 10.3. The summed E-state index contributed by atoms with van der Waals surface area (Å²) in [6.45, 7) is 4.18. The number of rotatable bonds is 6. The van der Waals surface area contributed by atoms with Crippen LogP contribution in [0, 0.1) is 0 Å². The van der Waals surface area contributed by atoms with Crippen molar-refractivity contribution in [1.29, 1.82) is 0 Å². The Kier molecular flexibility index (Phi) is 5.11. The molecule has 17 heavy (non-hydrogen) atoms. The third kappa shape index (κ3) is 4.46. The third-order valence-electron chi connectivity index (χ3n) is 2.54. The molecule has 0 radical (unpaired) electrons. The summed E-state index contributed by atoms with van der Waals surface area (Å²) >= 11 is 0. The van der Waals surface area contributed by atoms with Crippen molar-refractivity contribution in [2.75, 3.05) is 5.75 Å². The normalized spacial score (nSPS) is 13.6. The van der Waals surface area contributed by atoms with Gasteiger partial charge in [-0.05, 0) is 24.5 Å². The Balaban J connectivity index is 2.72. The van der Waals surface area contributed by atoms with E-state index in [-0.39, 0.29) is 11.8 Å². The van der Waals surface area contributed by atoms with Gasteiger partial charge in [-0.15, -0.1) is 0 Å². The second-order valence-corrected chi connectivity index (χ2v) is 5.98. The molecule has 1 unspecified atom stereocenters. The minimum absolute atomic E-state index is 0.165. The summed E-state index contributed by atoms with van der Waals surface area (Å²) in [6.07, 6.45) is 0.619. The summed E-state index contributed by atoms with van der Waals surface area (Å²) in [5.74, 6) is 0.165. The van der Waals surface area contributed by atoms with Gasteiger partial charge in [-0.2, -0.15) is 0 Å². The SMILES string of the molecule is CCCS(=O)(=O)NC(C)c1ccc(CN)cc1. The lowest BCUT2D eigenvalue weighted by atomic mass is 10.1. The maximum Gasteiger partial charge on any atom is 0.212 e. The fourth-order valence-electron chi connectivity index (χ4n) is 1.61. The molecule has 1 rings (SSSR count). The van der Waals surface area contributed by atoms with Gasteiger partial charge in [0, 0.05) is 12.6 Å². The minimum Gasteiger partial charge on any atom is -0.326 e. The van der Waals surface area contributed by atoms with E-state index in [2.05, 4.69) is 4.72 Å². The van der Waals surface area contributed by atoms with E-state index >= 15 is 0 Å². The van der Waals surface area contributed by atoms with Gasteiger partial charge in [-0.1, -0.05) is 31.2 Å². The topological polar surface area (TPSA) is 72.2 Å². The molecule has 0 heterocycles. The monoisotopic (exact) mass is 256 g/mol. The van der Waals surface area contributed by atoms with Crippen LogP contribution in [0.15, 0.2) is 24.3 Å². The highest BCUT2D eigenvalue weighted by Gasteiger charge is 2.14. The fourth-order valence-corrected chi connectivity index (χ4v) is 2.94. The Morgan fingerprint density at radius 3 is 2.35 bits per heavy atom. The van der Waals surface area contributed by atoms with Crippen LogP contribution < -0.4 is 10.5 Å². The molecule has 1 aromatic rings. The molecule has 0 spiro atoms. The van der Waals surface area contributed by atoms with E-state index < -0.39 is 10.0 Å². The number of nitrogens with two attached hydrogens (primary N) is 1. The Bertz CT molecular complexity index is 440. The number of nitrogens with one attached hydrogen (secondary N) is 1. The van der Waals surface area contributed by atoms with E-state index in [9.17, 15) is 8.42 Å². The largest absolute Gasteiger partial charge is 0.326 e. The number of benzene rings is 1. The third-order valence-corrected chi connectivity index (χ3v) is 4.20. The maximum absolute atomic E-state index is 11.6. The van der Waals surface area contributed by atoms with Crippen molar-refractivity contribution in [2.24, 2.45) is 5.73 Å². The molecular formula is C12H20N2O2S. The first-order chi connectivity index (χ1) is 7.98. The van der Waals surface area contributed by atoms with Crippen LogP contribution in [-0.4, -0.2) is 14.2 Å². The molecule has 0 saturated heterocycles. The highest BCUT2D eigenvalue weighted by atomic mass is 32.2. The first-order valence-corrected chi connectivity index (χ1v) is 7.42. The molecule has 0 aliphatic rings. The van der Waals surface area contributed by atoms with Gasteiger partial charge < -0.3 is 5.73 Å². The lowest BCUT2D eigenvalue weighted by Crippen LogP contribution is -2.28. The predicted octanol–water partition coefficient (Wildman–Crippen LogP) is 1.54. The van der Waals surface area contributed by atoms with Gasteiger partial charge >= 0.3 is 0 Å². The zero-order valence-corrected chi connectivity index (χ0v) is 11.1. The van der Waals surface area contributed by atoms with Crippen molar-refractivity contribution < 1.29 is 8.42 Å². The molecule has 0 aliphatic carbocycles. The number of sulfonamides is 1. The van der Waals surface area contributed by atoms with Crippen molar-refractivity contribution in [2.45, 2.75) is 32.9 Å². The Morgan fingerprint density at radius 1 is 1.29 bits per heavy atom. The summed E-state index contributed by atoms with van der Waals surface area (Å²) in [5, 5.41) is 0. The van der Waals surface area contributed by atoms with Crippen molar-refractivity contribution in [3.8, 4) is 0 Å². The molecule has 0 saturated carbocycles. The summed E-state index contributed by atoms with van der Waals surface area (Å²) in [7, 11) is -3.17. The average Bonchev–Trinajstić information content (AvgIpc) is 2.28. The first kappa shape index (κ1) is 14.2. The summed E-state index contributed by atoms with van der Waals surface area (Å²) in [6, 6.07) is 7.43. The van der Waals surface area contributed by atoms with Gasteiger partial charge in [-0.25, -0.2) is 13.1 Å². The summed E-state index contributed by atoms with van der Waals surface area (Å²) in [5.41, 5.74) is 7.49. The molecule has 0 aromatic heterocycles. The summed E-state index contributed by atoms with van der Waals surface area (Å²) < 4.78 is 25.9. The van der Waals surface area contributed by atoms with E-state index in [0.717, 1.165) is 11.1 Å². The van der Waals surface area contributed by atoms with Crippen LogP contribution in [0.5, 0.6) is 0 Å². The smallest absolute Gasteiger partial charge is 0.212 e. The molecule has 0 fully saturated rings. The van der Waals surface area contributed by atoms with Crippen molar-refractivity contribution >= 4 is 10.0 Å². The van der Waals surface area contributed by atoms with Gasteiger partial charge in [0.2, 0.25) is 10.0 Å². The highest BCUT2D eigenvalue weighted by molar-refractivity contribution is 7.89. The highest BCUT2D eigenvalue weighted by Crippen LogP contribution is 2.14.